The highest BCUT2D eigenvalue weighted by molar-refractivity contribution is 6.41. The molecule has 3 N–H and O–H groups in total. The van der Waals surface area contributed by atoms with Crippen LogP contribution in [0.5, 0.6) is 0 Å². The van der Waals surface area contributed by atoms with Gasteiger partial charge in [0.2, 0.25) is 0 Å². The lowest BCUT2D eigenvalue weighted by atomic mass is 10.4. The molecule has 0 fully saturated rings. The smallest absolute Gasteiger partial charge is 0.356 e. The maximum Gasteiger partial charge on any atom is 0.356 e. The van der Waals surface area contributed by atoms with Crippen molar-refractivity contribution in [3.8, 4) is 0 Å². The Balaban J connectivity index is 1.86. The average Bonchev–Trinajstić information content (AvgIpc) is 2.98. The quantitative estimate of drug-likeness (QED) is 0.780. The number of aromatic nitrogens is 3. The average molecular weight is 317 g/mol. The lowest BCUT2D eigenvalue weighted by Crippen LogP contribution is -2.27. The summed E-state index contributed by atoms with van der Waals surface area (Å²) in [5.41, 5.74) is 0.219. The van der Waals surface area contributed by atoms with Crippen LogP contribution in [-0.2, 0) is 6.54 Å². The number of carbonyl (C=O) groups is 2. The second-order valence-corrected chi connectivity index (χ2v) is 4.69. The molecule has 106 valence electrons. The molecule has 0 spiro atoms. The number of hydrogen-bond acceptors (Lipinski definition) is 3. The van der Waals surface area contributed by atoms with E-state index >= 15 is 0 Å². The minimum atomic E-state index is -1.09. The molecule has 2 aromatic rings. The highest BCUT2D eigenvalue weighted by atomic mass is 35.5. The number of nitrogens with zero attached hydrogens (tertiary/aromatic N) is 2. The SMILES string of the molecule is O=C(O)c1cn(CCNC(=O)c2cc(Cl)c(Cl)[nH]2)cn1. The molecule has 2 heterocycles. The van der Waals surface area contributed by atoms with Crippen molar-refractivity contribution in [1.29, 1.82) is 0 Å². The van der Waals surface area contributed by atoms with Crippen LogP contribution in [0.3, 0.4) is 0 Å². The first kappa shape index (κ1) is 14.4. The second kappa shape index (κ2) is 5.98. The summed E-state index contributed by atoms with van der Waals surface area (Å²) in [6.07, 6.45) is 2.77. The zero-order valence-electron chi connectivity index (χ0n) is 10.1. The van der Waals surface area contributed by atoms with Crippen molar-refractivity contribution >= 4 is 35.1 Å². The third kappa shape index (κ3) is 3.31. The van der Waals surface area contributed by atoms with E-state index in [9.17, 15) is 9.59 Å². The second-order valence-electron chi connectivity index (χ2n) is 3.90. The van der Waals surface area contributed by atoms with Crippen molar-refractivity contribution in [1.82, 2.24) is 19.9 Å². The first-order chi connectivity index (χ1) is 9.47. The summed E-state index contributed by atoms with van der Waals surface area (Å²) in [5, 5.41) is 11.8. The Kier molecular flexibility index (Phi) is 4.31. The highest BCUT2D eigenvalue weighted by Gasteiger charge is 2.11. The summed E-state index contributed by atoms with van der Waals surface area (Å²) in [6.45, 7) is 0.705. The van der Waals surface area contributed by atoms with Crippen LogP contribution in [0.4, 0.5) is 0 Å². The summed E-state index contributed by atoms with van der Waals surface area (Å²) >= 11 is 11.4. The topological polar surface area (TPSA) is 100 Å². The fraction of sp³-hybridized carbons (Fsp3) is 0.182. The molecule has 0 unspecified atom stereocenters. The zero-order valence-corrected chi connectivity index (χ0v) is 11.6. The summed E-state index contributed by atoms with van der Waals surface area (Å²) in [4.78, 5) is 28.7. The third-order valence-corrected chi connectivity index (χ3v) is 3.17. The number of H-pyrrole nitrogens is 1. The summed E-state index contributed by atoms with van der Waals surface area (Å²) in [6, 6.07) is 1.43. The molecule has 0 aliphatic carbocycles. The van der Waals surface area contributed by atoms with Gasteiger partial charge in [0.1, 0.15) is 10.8 Å². The molecule has 0 aliphatic rings. The number of nitrogens with one attached hydrogen (secondary N) is 2. The van der Waals surface area contributed by atoms with Gasteiger partial charge in [-0.3, -0.25) is 4.79 Å². The van der Waals surface area contributed by atoms with Crippen molar-refractivity contribution in [2.24, 2.45) is 0 Å². The normalized spacial score (nSPS) is 10.5. The van der Waals surface area contributed by atoms with E-state index in [4.69, 9.17) is 28.3 Å². The Hall–Kier alpha value is -1.99. The van der Waals surface area contributed by atoms with Crippen LogP contribution in [0, 0.1) is 0 Å². The molecule has 0 aliphatic heterocycles. The van der Waals surface area contributed by atoms with Crippen LogP contribution in [0.15, 0.2) is 18.6 Å². The van der Waals surface area contributed by atoms with Crippen LogP contribution in [0.2, 0.25) is 10.2 Å². The fourth-order valence-corrected chi connectivity index (χ4v) is 1.83. The van der Waals surface area contributed by atoms with E-state index in [1.807, 2.05) is 0 Å². The van der Waals surface area contributed by atoms with Crippen LogP contribution in [0.1, 0.15) is 21.0 Å². The van der Waals surface area contributed by atoms with Gasteiger partial charge < -0.3 is 20.0 Å². The van der Waals surface area contributed by atoms with Crippen molar-refractivity contribution in [3.63, 3.8) is 0 Å². The van der Waals surface area contributed by atoms with Gasteiger partial charge in [-0.05, 0) is 6.07 Å². The van der Waals surface area contributed by atoms with Crippen molar-refractivity contribution < 1.29 is 14.7 Å². The van der Waals surface area contributed by atoms with Gasteiger partial charge in [-0.1, -0.05) is 23.2 Å². The molecule has 0 aromatic carbocycles. The van der Waals surface area contributed by atoms with Crippen molar-refractivity contribution in [2.45, 2.75) is 6.54 Å². The van der Waals surface area contributed by atoms with Gasteiger partial charge in [-0.25, -0.2) is 9.78 Å². The molecule has 0 bridgehead atoms. The monoisotopic (exact) mass is 316 g/mol. The van der Waals surface area contributed by atoms with Gasteiger partial charge >= 0.3 is 5.97 Å². The zero-order chi connectivity index (χ0) is 14.7. The molecule has 2 rings (SSSR count). The number of carbonyl (C=O) groups excluding carboxylic acids is 1. The summed E-state index contributed by atoms with van der Waals surface area (Å²) in [7, 11) is 0. The molecular formula is C11H10Cl2N4O3. The number of carboxylic acid groups (broad SMARTS) is 1. The highest BCUT2D eigenvalue weighted by Crippen LogP contribution is 2.21. The van der Waals surface area contributed by atoms with Gasteiger partial charge in [0.25, 0.3) is 5.91 Å². The van der Waals surface area contributed by atoms with Gasteiger partial charge in [-0.15, -0.1) is 0 Å². The third-order valence-electron chi connectivity index (χ3n) is 2.48. The van der Waals surface area contributed by atoms with Gasteiger partial charge in [-0.2, -0.15) is 0 Å². The minimum Gasteiger partial charge on any atom is -0.476 e. The number of rotatable bonds is 5. The van der Waals surface area contributed by atoms with Crippen LogP contribution < -0.4 is 5.32 Å². The number of aromatic amines is 1. The standard InChI is InChI=1S/C11H10Cl2N4O3/c12-6-3-7(16-9(6)13)10(18)14-1-2-17-4-8(11(19)20)15-5-17/h3-5,16H,1-2H2,(H,14,18)(H,19,20). The Morgan fingerprint density at radius 2 is 2.20 bits per heavy atom. The lowest BCUT2D eigenvalue weighted by molar-refractivity contribution is 0.0690. The Bertz CT molecular complexity index is 630. The number of carboxylic acids is 1. The molecular weight excluding hydrogens is 307 g/mol. The van der Waals surface area contributed by atoms with Crippen molar-refractivity contribution in [2.75, 3.05) is 6.54 Å². The fourth-order valence-electron chi connectivity index (χ4n) is 1.51. The van der Waals surface area contributed by atoms with Crippen LogP contribution in [0.25, 0.3) is 0 Å². The molecule has 0 saturated heterocycles. The van der Waals surface area contributed by atoms with Gasteiger partial charge in [0.05, 0.1) is 11.3 Å². The predicted molar refractivity (Wildman–Crippen MR) is 72.3 cm³/mol. The molecule has 7 nitrogen and oxygen atoms in total. The number of hydrogen-bond donors (Lipinski definition) is 3. The summed E-state index contributed by atoms with van der Waals surface area (Å²) in [5.74, 6) is -1.44. The van der Waals surface area contributed by atoms with E-state index in [1.54, 1.807) is 4.57 Å². The van der Waals surface area contributed by atoms with E-state index in [2.05, 4.69) is 15.3 Å². The van der Waals surface area contributed by atoms with Crippen molar-refractivity contribution in [3.05, 3.63) is 40.2 Å². The molecule has 2 aromatic heterocycles. The van der Waals surface area contributed by atoms with Crippen LogP contribution in [-0.4, -0.2) is 38.1 Å². The molecule has 9 heteroatoms. The van der Waals surface area contributed by atoms with E-state index in [0.717, 1.165) is 0 Å². The van der Waals surface area contributed by atoms with E-state index < -0.39 is 5.97 Å². The Morgan fingerprint density at radius 3 is 2.75 bits per heavy atom. The maximum absolute atomic E-state index is 11.7. The predicted octanol–water partition coefficient (Wildman–Crippen LogP) is 1.65. The number of aromatic carboxylic acids is 1. The first-order valence-corrected chi connectivity index (χ1v) is 6.30. The number of amides is 1. The molecule has 0 atom stereocenters. The molecule has 20 heavy (non-hydrogen) atoms. The summed E-state index contributed by atoms with van der Waals surface area (Å²) < 4.78 is 1.57. The largest absolute Gasteiger partial charge is 0.476 e. The molecule has 1 amide bonds. The van der Waals surface area contributed by atoms with Crippen LogP contribution >= 0.6 is 23.2 Å². The van der Waals surface area contributed by atoms with E-state index in [0.29, 0.717) is 13.1 Å². The van der Waals surface area contributed by atoms with Gasteiger partial charge in [0, 0.05) is 19.3 Å². The first-order valence-electron chi connectivity index (χ1n) is 5.54. The Labute approximate surface area is 123 Å². The Morgan fingerprint density at radius 1 is 1.45 bits per heavy atom. The maximum atomic E-state index is 11.7. The van der Waals surface area contributed by atoms with E-state index in [-0.39, 0.29) is 27.5 Å². The van der Waals surface area contributed by atoms with Gasteiger partial charge in [0.15, 0.2) is 5.69 Å². The molecule has 0 radical (unpaired) electrons. The minimum absolute atomic E-state index is 0.0424. The lowest BCUT2D eigenvalue weighted by Gasteiger charge is -2.04. The number of imidazole rings is 1. The molecule has 0 saturated carbocycles. The number of halogens is 2. The van der Waals surface area contributed by atoms with E-state index in [1.165, 1.54) is 18.6 Å².